The molecule has 296 valence electrons. The highest BCUT2D eigenvalue weighted by Crippen LogP contribution is 2.63. The molecule has 15 nitrogen and oxygen atoms in total. The molecule has 5 N–H and O–H groups in total. The average molecular weight is 825 g/mol. The fourth-order valence-corrected chi connectivity index (χ4v) is 10.5. The van der Waals surface area contributed by atoms with Gasteiger partial charge in [-0.2, -0.15) is 12.7 Å². The van der Waals surface area contributed by atoms with Crippen molar-refractivity contribution in [3.8, 4) is 11.1 Å². The summed E-state index contributed by atoms with van der Waals surface area (Å²) < 4.78 is 28.4. The first-order valence-electron chi connectivity index (χ1n) is 18.6. The lowest BCUT2D eigenvalue weighted by Crippen LogP contribution is -2.40. The summed E-state index contributed by atoms with van der Waals surface area (Å²) >= 11 is 13.8. The van der Waals surface area contributed by atoms with E-state index in [2.05, 4.69) is 20.5 Å². The summed E-state index contributed by atoms with van der Waals surface area (Å²) in [7, 11) is -0.368. The highest BCUT2D eigenvalue weighted by molar-refractivity contribution is 7.86. The van der Waals surface area contributed by atoms with Crippen LogP contribution in [0.5, 0.6) is 0 Å². The minimum absolute atomic E-state index is 0.0300. The van der Waals surface area contributed by atoms with Crippen molar-refractivity contribution in [3.05, 3.63) is 80.9 Å². The smallest absolute Gasteiger partial charge is 0.309 e. The molecule has 2 aliphatic heterocycles. The molecule has 0 radical (unpaired) electrons. The van der Waals surface area contributed by atoms with Gasteiger partial charge >= 0.3 is 5.97 Å². The van der Waals surface area contributed by atoms with E-state index in [9.17, 15) is 27.9 Å². The maximum absolute atomic E-state index is 13.7. The second-order valence-electron chi connectivity index (χ2n) is 15.7. The molecule has 0 atom stereocenters. The van der Waals surface area contributed by atoms with Gasteiger partial charge in [0.2, 0.25) is 0 Å². The fraction of sp³-hybridized carbons (Fsp3) is 0.447. The number of nitrogens with two attached hydrogens (primary N) is 1. The number of carbonyl (C=O) groups is 3. The van der Waals surface area contributed by atoms with E-state index < -0.39 is 33.4 Å². The number of nitrogens with one attached hydrogen (secondary N) is 2. The lowest BCUT2D eigenvalue weighted by Gasteiger charge is -2.32. The molecule has 8 rings (SSSR count). The maximum atomic E-state index is 13.7. The Labute approximate surface area is 334 Å². The van der Waals surface area contributed by atoms with E-state index in [1.807, 2.05) is 11.6 Å². The number of nitrogens with zero attached hydrogens (tertiary/aromatic N) is 6. The lowest BCUT2D eigenvalue weighted by atomic mass is 9.80. The number of imidazole rings is 2. The molecule has 0 spiro atoms. The van der Waals surface area contributed by atoms with E-state index in [4.69, 9.17) is 33.3 Å². The molecule has 56 heavy (non-hydrogen) atoms. The predicted octanol–water partition coefficient (Wildman–Crippen LogP) is 4.98. The zero-order valence-electron chi connectivity index (χ0n) is 31.1. The summed E-state index contributed by atoms with van der Waals surface area (Å²) in [5.74, 6) is -1.23. The van der Waals surface area contributed by atoms with Gasteiger partial charge in [-0.3, -0.25) is 19.3 Å². The van der Waals surface area contributed by atoms with Crippen LogP contribution < -0.4 is 15.8 Å². The maximum Gasteiger partial charge on any atom is 0.309 e. The van der Waals surface area contributed by atoms with Crippen molar-refractivity contribution >= 4 is 62.6 Å². The Bertz CT molecular complexity index is 2400. The molecule has 2 aromatic carbocycles. The Morgan fingerprint density at radius 2 is 1.34 bits per heavy atom. The summed E-state index contributed by atoms with van der Waals surface area (Å²) in [6.07, 6.45) is 6.36. The molecule has 2 aliphatic carbocycles. The molecule has 4 aliphatic rings. The first-order chi connectivity index (χ1) is 26.6. The van der Waals surface area contributed by atoms with E-state index >= 15 is 0 Å². The third-order valence-corrected chi connectivity index (χ3v) is 14.3. The Kier molecular flexibility index (Phi) is 9.81. The van der Waals surface area contributed by atoms with Crippen LogP contribution in [0.1, 0.15) is 82.5 Å². The Morgan fingerprint density at radius 3 is 1.84 bits per heavy atom. The number of hydrogen-bond acceptors (Lipinski definition) is 8. The zero-order valence-corrected chi connectivity index (χ0v) is 33.4. The molecule has 2 bridgehead atoms. The fourth-order valence-electron chi connectivity index (χ4n) is 9.28. The third kappa shape index (κ3) is 6.79. The molecule has 2 amide bonds. The molecule has 2 saturated carbocycles. The van der Waals surface area contributed by atoms with Gasteiger partial charge in [0.15, 0.2) is 11.6 Å². The topological polar surface area (TPSA) is 198 Å². The number of aliphatic carboxylic acids is 1. The summed E-state index contributed by atoms with van der Waals surface area (Å²) in [4.78, 5) is 50.7. The van der Waals surface area contributed by atoms with Crippen LogP contribution in [-0.2, 0) is 55.0 Å². The van der Waals surface area contributed by atoms with Crippen LogP contribution in [0.15, 0.2) is 36.4 Å². The van der Waals surface area contributed by atoms with Gasteiger partial charge in [0.1, 0.15) is 0 Å². The summed E-state index contributed by atoms with van der Waals surface area (Å²) in [5, 5.41) is 21.3. The quantitative estimate of drug-likeness (QED) is 0.171. The van der Waals surface area contributed by atoms with Gasteiger partial charge in [-0.15, -0.1) is 0 Å². The van der Waals surface area contributed by atoms with Crippen LogP contribution in [0.4, 0.5) is 11.4 Å². The minimum atomic E-state index is -3.90. The van der Waals surface area contributed by atoms with E-state index in [0.29, 0.717) is 41.2 Å². The normalized spacial score (nSPS) is 22.2. The van der Waals surface area contributed by atoms with Crippen molar-refractivity contribution < 1.29 is 27.9 Å². The van der Waals surface area contributed by atoms with E-state index in [1.165, 1.54) is 0 Å². The first kappa shape index (κ1) is 38.5. The zero-order chi connectivity index (χ0) is 39.7. The monoisotopic (exact) mass is 823 g/mol. The number of fused-ring (bicyclic) bond motifs is 4. The van der Waals surface area contributed by atoms with Crippen LogP contribution in [0, 0.1) is 10.8 Å². The SMILES string of the molecule is Cn1c(C(=O)Nc2cccc(-c3cccc(NC(=O)c4nc5c(n4C)CCN(S(N)(=O)=O)C5)c3Cl)c2Cl)nc2c1CCN(CCC13CCC(C(=O)O)(CC1)C3)C2. The van der Waals surface area contributed by atoms with Crippen molar-refractivity contribution in [1.29, 1.82) is 0 Å². The molecule has 2 aromatic heterocycles. The largest absolute Gasteiger partial charge is 0.481 e. The Balaban J connectivity index is 0.946. The summed E-state index contributed by atoms with van der Waals surface area (Å²) in [6, 6.07) is 10.3. The van der Waals surface area contributed by atoms with Crippen LogP contribution >= 0.6 is 23.2 Å². The van der Waals surface area contributed by atoms with Gasteiger partial charge < -0.3 is 24.9 Å². The van der Waals surface area contributed by atoms with Gasteiger partial charge in [-0.1, -0.05) is 47.5 Å². The van der Waals surface area contributed by atoms with Crippen LogP contribution in [-0.4, -0.2) is 79.2 Å². The van der Waals surface area contributed by atoms with Crippen molar-refractivity contribution in [2.24, 2.45) is 30.1 Å². The highest BCUT2D eigenvalue weighted by atomic mass is 35.5. The second kappa shape index (κ2) is 14.3. The number of amides is 2. The van der Waals surface area contributed by atoms with E-state index in [1.54, 1.807) is 48.0 Å². The van der Waals surface area contributed by atoms with Crippen molar-refractivity contribution in [3.63, 3.8) is 0 Å². The first-order valence-corrected chi connectivity index (χ1v) is 20.9. The molecule has 2 fully saturated rings. The lowest BCUT2D eigenvalue weighted by molar-refractivity contribution is -0.148. The number of halogens is 2. The molecule has 4 heterocycles. The highest BCUT2D eigenvalue weighted by Gasteiger charge is 2.57. The Hall–Kier alpha value is -4.32. The third-order valence-electron chi connectivity index (χ3n) is 12.5. The number of hydrogen-bond donors (Lipinski definition) is 4. The van der Waals surface area contributed by atoms with E-state index in [-0.39, 0.29) is 40.2 Å². The number of anilines is 2. The average Bonchev–Trinajstić information content (AvgIpc) is 3.92. The minimum Gasteiger partial charge on any atom is -0.481 e. The molecular formula is C38H43Cl2N9O6S. The number of carboxylic acids is 1. The molecular weight excluding hydrogens is 781 g/mol. The Morgan fingerprint density at radius 1 is 0.821 bits per heavy atom. The van der Waals surface area contributed by atoms with Gasteiger partial charge in [0.25, 0.3) is 22.0 Å². The summed E-state index contributed by atoms with van der Waals surface area (Å²) in [6.45, 7) is 2.49. The van der Waals surface area contributed by atoms with Crippen molar-refractivity contribution in [2.75, 3.05) is 30.3 Å². The molecule has 0 saturated heterocycles. The van der Waals surface area contributed by atoms with Gasteiger partial charge in [0, 0.05) is 69.1 Å². The van der Waals surface area contributed by atoms with Crippen molar-refractivity contribution in [2.45, 2.75) is 64.5 Å². The van der Waals surface area contributed by atoms with Crippen molar-refractivity contribution in [1.82, 2.24) is 28.3 Å². The summed E-state index contributed by atoms with van der Waals surface area (Å²) in [5.41, 5.74) is 4.37. The van der Waals surface area contributed by atoms with Gasteiger partial charge in [0.05, 0.1) is 44.8 Å². The van der Waals surface area contributed by atoms with Crippen LogP contribution in [0.2, 0.25) is 10.0 Å². The van der Waals surface area contributed by atoms with Crippen LogP contribution in [0.3, 0.4) is 0 Å². The number of carbonyl (C=O) groups excluding carboxylic acids is 2. The van der Waals surface area contributed by atoms with Crippen LogP contribution in [0.25, 0.3) is 11.1 Å². The predicted molar refractivity (Wildman–Crippen MR) is 211 cm³/mol. The number of rotatable bonds is 10. The van der Waals surface area contributed by atoms with Gasteiger partial charge in [-0.05, 0) is 62.6 Å². The molecule has 4 aromatic rings. The molecule has 18 heteroatoms. The number of aromatic nitrogens is 4. The van der Waals surface area contributed by atoms with E-state index in [0.717, 1.165) is 79.4 Å². The number of benzene rings is 2. The molecule has 0 unspecified atom stereocenters. The van der Waals surface area contributed by atoms with Gasteiger partial charge in [-0.25, -0.2) is 15.1 Å². The standard InChI is InChI=1S/C38H43Cl2N9O6S/c1-46-28-9-16-48(18-15-37-11-13-38(21-37,14-12-37)36(52)53)19-26(28)42-32(46)34(50)44-24-7-3-5-22(30(24)39)23-6-4-8-25(31(23)40)45-35(51)33-43-27-20-49(56(41,54)55)17-10-29(27)47(33)2/h3-8H,9-21H2,1-2H3,(H,44,50)(H,45,51)(H,52,53)(H2,41,54,55). The second-order valence-corrected chi connectivity index (χ2v) is 18.0. The number of carboxylic acid groups (broad SMARTS) is 1.